The van der Waals surface area contributed by atoms with Gasteiger partial charge in [0, 0.05) is 13.0 Å². The first kappa shape index (κ1) is 14.1. The molecule has 0 rings (SSSR count). The van der Waals surface area contributed by atoms with Crippen molar-refractivity contribution in [2.45, 2.75) is 45.3 Å². The highest BCUT2D eigenvalue weighted by molar-refractivity contribution is 5.95. The van der Waals surface area contributed by atoms with Crippen molar-refractivity contribution in [1.82, 2.24) is 0 Å². The highest BCUT2D eigenvalue weighted by atomic mass is 16.6. The second-order valence-electron chi connectivity index (χ2n) is 4.40. The SMILES string of the molecule is CC(C)(C)OC(=O)CC(=O)C[C@H](O)CN. The Bertz CT molecular complexity index is 232. The lowest BCUT2D eigenvalue weighted by molar-refractivity contribution is -0.156. The molecule has 15 heavy (non-hydrogen) atoms. The van der Waals surface area contributed by atoms with Crippen molar-refractivity contribution in [2.24, 2.45) is 5.73 Å². The van der Waals surface area contributed by atoms with Gasteiger partial charge in [-0.15, -0.1) is 0 Å². The minimum Gasteiger partial charge on any atom is -0.460 e. The quantitative estimate of drug-likeness (QED) is 0.499. The first-order valence-corrected chi connectivity index (χ1v) is 4.86. The maximum atomic E-state index is 11.2. The van der Waals surface area contributed by atoms with Crippen LogP contribution in [0.3, 0.4) is 0 Å². The first-order valence-electron chi connectivity index (χ1n) is 4.86. The molecule has 0 aromatic heterocycles. The number of Topliss-reactive ketones (excluding diaryl/α,β-unsaturated/α-hetero) is 1. The molecule has 5 heteroatoms. The maximum absolute atomic E-state index is 11.2. The van der Waals surface area contributed by atoms with Crippen LogP contribution in [0.25, 0.3) is 0 Å². The minimum absolute atomic E-state index is 0.0139. The number of carbonyl (C=O) groups is 2. The molecule has 0 radical (unpaired) electrons. The van der Waals surface area contributed by atoms with Crippen molar-refractivity contribution >= 4 is 11.8 Å². The van der Waals surface area contributed by atoms with E-state index in [1.165, 1.54) is 0 Å². The summed E-state index contributed by atoms with van der Waals surface area (Å²) in [6, 6.07) is 0. The van der Waals surface area contributed by atoms with Crippen molar-refractivity contribution < 1.29 is 19.4 Å². The second kappa shape index (κ2) is 5.82. The summed E-state index contributed by atoms with van der Waals surface area (Å²) in [4.78, 5) is 22.4. The van der Waals surface area contributed by atoms with Crippen molar-refractivity contribution in [3.63, 3.8) is 0 Å². The zero-order chi connectivity index (χ0) is 12.1. The molecule has 88 valence electrons. The first-order chi connectivity index (χ1) is 6.74. The Hall–Kier alpha value is -0.940. The Morgan fingerprint density at radius 2 is 1.93 bits per heavy atom. The average Bonchev–Trinajstić information content (AvgIpc) is 1.99. The Balaban J connectivity index is 3.92. The summed E-state index contributed by atoms with van der Waals surface area (Å²) in [6.07, 6.45) is -1.29. The molecule has 5 nitrogen and oxygen atoms in total. The van der Waals surface area contributed by atoms with Crippen LogP contribution in [0.5, 0.6) is 0 Å². The summed E-state index contributed by atoms with van der Waals surface area (Å²) in [5.74, 6) is -0.932. The summed E-state index contributed by atoms with van der Waals surface area (Å²) >= 11 is 0. The van der Waals surface area contributed by atoms with Crippen LogP contribution < -0.4 is 5.73 Å². The Kier molecular flexibility index (Phi) is 5.46. The molecule has 0 aliphatic rings. The van der Waals surface area contributed by atoms with Gasteiger partial charge in [0.05, 0.1) is 6.10 Å². The van der Waals surface area contributed by atoms with Crippen molar-refractivity contribution in [3.05, 3.63) is 0 Å². The van der Waals surface area contributed by atoms with Crippen molar-refractivity contribution in [1.29, 1.82) is 0 Å². The summed E-state index contributed by atoms with van der Waals surface area (Å²) in [5.41, 5.74) is 4.54. The maximum Gasteiger partial charge on any atom is 0.313 e. The smallest absolute Gasteiger partial charge is 0.313 e. The number of ether oxygens (including phenoxy) is 1. The number of aliphatic hydroxyl groups excluding tert-OH is 1. The van der Waals surface area contributed by atoms with Crippen LogP contribution in [0.1, 0.15) is 33.6 Å². The zero-order valence-electron chi connectivity index (χ0n) is 9.45. The normalized spacial score (nSPS) is 13.4. The third-order valence-corrected chi connectivity index (χ3v) is 1.50. The summed E-state index contributed by atoms with van der Waals surface area (Å²) < 4.78 is 4.95. The molecule has 0 saturated heterocycles. The number of ketones is 1. The standard InChI is InChI=1S/C10H19NO4/c1-10(2,3)15-9(14)5-7(12)4-8(13)6-11/h8,13H,4-6,11H2,1-3H3/t8-/m0/s1. The third kappa shape index (κ3) is 8.08. The zero-order valence-corrected chi connectivity index (χ0v) is 9.45. The summed E-state index contributed by atoms with van der Waals surface area (Å²) in [6.45, 7) is 5.19. The fourth-order valence-electron chi connectivity index (χ4n) is 0.957. The van der Waals surface area contributed by atoms with E-state index in [-0.39, 0.29) is 25.2 Å². The summed E-state index contributed by atoms with van der Waals surface area (Å²) in [5, 5.41) is 9.08. The number of carbonyl (C=O) groups excluding carboxylic acids is 2. The van der Waals surface area contributed by atoms with Gasteiger partial charge in [0.25, 0.3) is 0 Å². The van der Waals surface area contributed by atoms with E-state index in [1.54, 1.807) is 20.8 Å². The number of hydrogen-bond donors (Lipinski definition) is 2. The molecule has 0 amide bonds. The van der Waals surface area contributed by atoms with Gasteiger partial charge in [-0.3, -0.25) is 9.59 Å². The van der Waals surface area contributed by atoms with Crippen LogP contribution in [0.15, 0.2) is 0 Å². The minimum atomic E-state index is -0.875. The molecule has 0 aliphatic heterocycles. The fraction of sp³-hybridized carbons (Fsp3) is 0.800. The number of nitrogens with two attached hydrogens (primary N) is 1. The molecule has 0 spiro atoms. The van der Waals surface area contributed by atoms with Crippen LogP contribution in [0.4, 0.5) is 0 Å². The predicted octanol–water partition coefficient (Wildman–Crippen LogP) is -0.00300. The van der Waals surface area contributed by atoms with Gasteiger partial charge in [0.1, 0.15) is 17.8 Å². The van der Waals surface area contributed by atoms with Gasteiger partial charge in [-0.05, 0) is 20.8 Å². The van der Waals surface area contributed by atoms with Crippen LogP contribution in [-0.4, -0.2) is 35.1 Å². The molecule has 0 aromatic carbocycles. The van der Waals surface area contributed by atoms with E-state index in [2.05, 4.69) is 0 Å². The topological polar surface area (TPSA) is 89.6 Å². The van der Waals surface area contributed by atoms with Crippen LogP contribution in [0.2, 0.25) is 0 Å². The van der Waals surface area contributed by atoms with E-state index in [1.807, 2.05) is 0 Å². The van der Waals surface area contributed by atoms with Gasteiger partial charge < -0.3 is 15.6 Å². The molecule has 3 N–H and O–H groups in total. The van der Waals surface area contributed by atoms with E-state index in [9.17, 15) is 9.59 Å². The van der Waals surface area contributed by atoms with Crippen molar-refractivity contribution in [2.75, 3.05) is 6.54 Å². The highest BCUT2D eigenvalue weighted by Crippen LogP contribution is 2.09. The van der Waals surface area contributed by atoms with E-state index in [0.717, 1.165) is 0 Å². The van der Waals surface area contributed by atoms with E-state index in [0.29, 0.717) is 0 Å². The lowest BCUT2D eigenvalue weighted by Crippen LogP contribution is -2.28. The van der Waals surface area contributed by atoms with Gasteiger partial charge in [-0.25, -0.2) is 0 Å². The van der Waals surface area contributed by atoms with Crippen LogP contribution >= 0.6 is 0 Å². The van der Waals surface area contributed by atoms with Crippen LogP contribution in [0, 0.1) is 0 Å². The number of aliphatic hydroxyl groups is 1. The van der Waals surface area contributed by atoms with E-state index >= 15 is 0 Å². The Labute approximate surface area is 89.6 Å². The van der Waals surface area contributed by atoms with Gasteiger partial charge in [0.2, 0.25) is 0 Å². The van der Waals surface area contributed by atoms with Crippen LogP contribution in [-0.2, 0) is 14.3 Å². The average molecular weight is 217 g/mol. The highest BCUT2D eigenvalue weighted by Gasteiger charge is 2.19. The number of hydrogen-bond acceptors (Lipinski definition) is 5. The summed E-state index contributed by atoms with van der Waals surface area (Å²) in [7, 11) is 0. The van der Waals surface area contributed by atoms with E-state index in [4.69, 9.17) is 15.6 Å². The third-order valence-electron chi connectivity index (χ3n) is 1.50. The lowest BCUT2D eigenvalue weighted by atomic mass is 10.1. The van der Waals surface area contributed by atoms with Gasteiger partial charge in [0.15, 0.2) is 0 Å². The van der Waals surface area contributed by atoms with Gasteiger partial charge in [-0.2, -0.15) is 0 Å². The molecular formula is C10H19NO4. The van der Waals surface area contributed by atoms with Crippen molar-refractivity contribution in [3.8, 4) is 0 Å². The largest absolute Gasteiger partial charge is 0.460 e. The molecule has 0 aliphatic carbocycles. The Morgan fingerprint density at radius 3 is 2.33 bits per heavy atom. The molecule has 0 heterocycles. The molecule has 1 atom stereocenters. The molecule has 0 saturated carbocycles. The number of rotatable bonds is 5. The molecular weight excluding hydrogens is 198 g/mol. The monoisotopic (exact) mass is 217 g/mol. The number of esters is 1. The molecule has 0 bridgehead atoms. The fourth-order valence-corrected chi connectivity index (χ4v) is 0.957. The molecule has 0 fully saturated rings. The Morgan fingerprint density at radius 1 is 1.40 bits per heavy atom. The second-order valence-corrected chi connectivity index (χ2v) is 4.40. The molecule has 0 unspecified atom stereocenters. The lowest BCUT2D eigenvalue weighted by Gasteiger charge is -2.19. The van der Waals surface area contributed by atoms with E-state index < -0.39 is 17.7 Å². The van der Waals surface area contributed by atoms with Gasteiger partial charge in [-0.1, -0.05) is 0 Å². The van der Waals surface area contributed by atoms with Gasteiger partial charge >= 0.3 is 5.97 Å². The molecule has 0 aromatic rings. The predicted molar refractivity (Wildman–Crippen MR) is 55.1 cm³/mol.